The minimum absolute atomic E-state index is 0.0827. The van der Waals surface area contributed by atoms with Crippen molar-refractivity contribution in [3.05, 3.63) is 64.4 Å². The summed E-state index contributed by atoms with van der Waals surface area (Å²) in [7, 11) is 1.49. The fourth-order valence-corrected chi connectivity index (χ4v) is 3.30. The van der Waals surface area contributed by atoms with E-state index >= 15 is 0 Å². The number of aliphatic hydroxyl groups is 1. The molecule has 0 saturated carbocycles. The number of carbonyl (C=O) groups is 3. The third kappa shape index (κ3) is 4.69. The van der Waals surface area contributed by atoms with Gasteiger partial charge in [0.2, 0.25) is 0 Å². The first-order valence-corrected chi connectivity index (χ1v) is 9.38. The number of hydrogen-bond donors (Lipinski definition) is 3. The molecule has 1 saturated heterocycles. The van der Waals surface area contributed by atoms with Crippen LogP contribution in [0.1, 0.15) is 22.3 Å². The number of hydrogen-bond acceptors (Lipinski definition) is 5. The highest BCUT2D eigenvalue weighted by Crippen LogP contribution is 2.30. The lowest BCUT2D eigenvalue weighted by Crippen LogP contribution is -2.46. The molecule has 10 heteroatoms. The molecule has 0 aromatic heterocycles. The zero-order chi connectivity index (χ0) is 21.9. The topological polar surface area (TPSA) is 108 Å². The molecule has 8 nitrogen and oxygen atoms in total. The number of alkyl carbamates (subject to hydrolysis) is 1. The number of benzene rings is 2. The quantitative estimate of drug-likeness (QED) is 0.624. The van der Waals surface area contributed by atoms with Crippen LogP contribution in [-0.4, -0.2) is 42.4 Å². The van der Waals surface area contributed by atoms with Gasteiger partial charge in [0, 0.05) is 42.8 Å². The van der Waals surface area contributed by atoms with E-state index in [1.54, 1.807) is 18.2 Å². The van der Waals surface area contributed by atoms with Crippen molar-refractivity contribution in [2.45, 2.75) is 18.8 Å². The molecule has 0 aliphatic carbocycles. The van der Waals surface area contributed by atoms with E-state index in [1.165, 1.54) is 30.1 Å². The lowest BCUT2D eigenvalue weighted by atomic mass is 10.1. The van der Waals surface area contributed by atoms with Gasteiger partial charge in [0.15, 0.2) is 0 Å². The third-order valence-electron chi connectivity index (χ3n) is 4.52. The number of carbonyl (C=O) groups excluding carboxylic acids is 3. The van der Waals surface area contributed by atoms with Gasteiger partial charge in [-0.1, -0.05) is 17.7 Å². The Morgan fingerprint density at radius 3 is 2.77 bits per heavy atom. The average Bonchev–Trinajstić information content (AvgIpc) is 2.99. The fraction of sp³-hybridized carbons (Fsp3) is 0.250. The molecule has 3 N–H and O–H groups in total. The van der Waals surface area contributed by atoms with Crippen molar-refractivity contribution in [1.82, 2.24) is 10.6 Å². The molecule has 2 aromatic rings. The van der Waals surface area contributed by atoms with Gasteiger partial charge in [0.25, 0.3) is 17.6 Å². The molecular weight excluding hydrogens is 417 g/mol. The summed E-state index contributed by atoms with van der Waals surface area (Å²) in [5.74, 6) is -4.08. The Labute approximate surface area is 176 Å². The third-order valence-corrected chi connectivity index (χ3v) is 4.74. The van der Waals surface area contributed by atoms with Crippen molar-refractivity contribution in [1.29, 1.82) is 0 Å². The summed E-state index contributed by atoms with van der Waals surface area (Å²) in [5, 5.41) is 15.5. The van der Waals surface area contributed by atoms with Crippen molar-refractivity contribution < 1.29 is 28.6 Å². The lowest BCUT2D eigenvalue weighted by molar-refractivity contribution is -0.175. The van der Waals surface area contributed by atoms with Gasteiger partial charge in [-0.05, 0) is 42.0 Å². The van der Waals surface area contributed by atoms with E-state index < -0.39 is 23.6 Å². The fourth-order valence-electron chi connectivity index (χ4n) is 3.06. The number of anilines is 1. The maximum absolute atomic E-state index is 13.4. The monoisotopic (exact) mass is 435 g/mol. The van der Waals surface area contributed by atoms with Crippen LogP contribution in [0.5, 0.6) is 0 Å². The van der Waals surface area contributed by atoms with E-state index in [2.05, 4.69) is 10.6 Å². The molecule has 3 rings (SSSR count). The van der Waals surface area contributed by atoms with Gasteiger partial charge < -0.3 is 25.4 Å². The van der Waals surface area contributed by atoms with Gasteiger partial charge in [-0.3, -0.25) is 9.59 Å². The van der Waals surface area contributed by atoms with Crippen LogP contribution < -0.4 is 15.5 Å². The Hall–Kier alpha value is -3.17. The molecule has 3 amide bonds. The van der Waals surface area contributed by atoms with E-state index in [1.807, 2.05) is 0 Å². The summed E-state index contributed by atoms with van der Waals surface area (Å²) >= 11 is 5.76. The molecule has 2 aromatic carbocycles. The first-order chi connectivity index (χ1) is 14.2. The van der Waals surface area contributed by atoms with Crippen molar-refractivity contribution in [2.24, 2.45) is 0 Å². The standard InChI is InChI=1S/C20H19ClFN3O5/c1-23-17(26)13-3-2-4-16(9-13)25-6-5-20(29,18(25)27)30-19(28)24-11-12-7-14(21)10-15(22)8-12/h2-4,7-10,29H,5-6,11H2,1H3,(H,23,26)(H,24,28)/t20-/m1/s1. The van der Waals surface area contributed by atoms with Crippen LogP contribution in [0.4, 0.5) is 14.9 Å². The van der Waals surface area contributed by atoms with Crippen LogP contribution in [0.15, 0.2) is 42.5 Å². The Balaban J connectivity index is 1.65. The molecule has 1 aliphatic heterocycles. The van der Waals surface area contributed by atoms with Crippen molar-refractivity contribution in [3.63, 3.8) is 0 Å². The van der Waals surface area contributed by atoms with E-state index in [0.717, 1.165) is 6.07 Å². The Kier molecular flexibility index (Phi) is 6.23. The minimum atomic E-state index is -2.35. The summed E-state index contributed by atoms with van der Waals surface area (Å²) < 4.78 is 18.3. The molecular formula is C20H19ClFN3O5. The zero-order valence-corrected chi connectivity index (χ0v) is 16.7. The van der Waals surface area contributed by atoms with E-state index in [4.69, 9.17) is 16.3 Å². The summed E-state index contributed by atoms with van der Waals surface area (Å²) in [4.78, 5) is 37.8. The van der Waals surface area contributed by atoms with Crippen molar-refractivity contribution >= 4 is 35.2 Å². The van der Waals surface area contributed by atoms with Crippen LogP contribution in [-0.2, 0) is 16.1 Å². The van der Waals surface area contributed by atoms with Crippen LogP contribution in [0.3, 0.4) is 0 Å². The van der Waals surface area contributed by atoms with Gasteiger partial charge in [-0.2, -0.15) is 0 Å². The summed E-state index contributed by atoms with van der Waals surface area (Å²) in [5.41, 5.74) is 1.11. The zero-order valence-electron chi connectivity index (χ0n) is 15.9. The molecule has 0 unspecified atom stereocenters. The molecule has 1 heterocycles. The number of amides is 3. The molecule has 1 aliphatic rings. The number of nitrogens with zero attached hydrogens (tertiary/aromatic N) is 1. The highest BCUT2D eigenvalue weighted by atomic mass is 35.5. The predicted molar refractivity (Wildman–Crippen MR) is 106 cm³/mol. The van der Waals surface area contributed by atoms with Gasteiger partial charge in [-0.15, -0.1) is 0 Å². The number of rotatable bonds is 5. The number of nitrogens with one attached hydrogen (secondary N) is 2. The number of ether oxygens (including phenoxy) is 1. The largest absolute Gasteiger partial charge is 0.410 e. The van der Waals surface area contributed by atoms with Crippen molar-refractivity contribution in [2.75, 3.05) is 18.5 Å². The van der Waals surface area contributed by atoms with Gasteiger partial charge in [0.1, 0.15) is 5.82 Å². The van der Waals surface area contributed by atoms with E-state index in [9.17, 15) is 23.9 Å². The molecule has 1 fully saturated rings. The molecule has 0 bridgehead atoms. The molecule has 1 atom stereocenters. The van der Waals surface area contributed by atoms with Crippen LogP contribution in [0, 0.1) is 5.82 Å². The second-order valence-corrected chi connectivity index (χ2v) is 7.08. The lowest BCUT2D eigenvalue weighted by Gasteiger charge is -2.22. The first kappa shape index (κ1) is 21.5. The van der Waals surface area contributed by atoms with Gasteiger partial charge >= 0.3 is 6.09 Å². The maximum Gasteiger partial charge on any atom is 0.410 e. The Morgan fingerprint density at radius 1 is 1.30 bits per heavy atom. The minimum Gasteiger partial charge on any atom is -0.407 e. The highest BCUT2D eigenvalue weighted by molar-refractivity contribution is 6.30. The summed E-state index contributed by atoms with van der Waals surface area (Å²) in [6.07, 6.45) is -1.21. The first-order valence-electron chi connectivity index (χ1n) is 9.00. The predicted octanol–water partition coefficient (Wildman–Crippen LogP) is 2.19. The molecule has 0 spiro atoms. The Morgan fingerprint density at radius 2 is 2.07 bits per heavy atom. The van der Waals surface area contributed by atoms with Gasteiger partial charge in [0.05, 0.1) is 0 Å². The van der Waals surface area contributed by atoms with Crippen LogP contribution in [0.25, 0.3) is 0 Å². The van der Waals surface area contributed by atoms with Crippen LogP contribution >= 0.6 is 11.6 Å². The second-order valence-electron chi connectivity index (χ2n) is 6.64. The molecule has 0 radical (unpaired) electrons. The number of halogens is 2. The summed E-state index contributed by atoms with van der Waals surface area (Å²) in [6.45, 7) is -0.0300. The highest BCUT2D eigenvalue weighted by Gasteiger charge is 2.49. The smallest absolute Gasteiger partial charge is 0.407 e. The van der Waals surface area contributed by atoms with Crippen molar-refractivity contribution in [3.8, 4) is 0 Å². The SMILES string of the molecule is CNC(=O)c1cccc(N2CC[C@@](O)(OC(=O)NCc3cc(F)cc(Cl)c3)C2=O)c1. The van der Waals surface area contributed by atoms with Crippen LogP contribution in [0.2, 0.25) is 5.02 Å². The average molecular weight is 436 g/mol. The molecule has 30 heavy (non-hydrogen) atoms. The van der Waals surface area contributed by atoms with E-state index in [0.29, 0.717) is 16.8 Å². The maximum atomic E-state index is 13.4. The van der Waals surface area contributed by atoms with Gasteiger partial charge in [-0.25, -0.2) is 9.18 Å². The summed E-state index contributed by atoms with van der Waals surface area (Å²) in [6, 6.07) is 10.0. The normalized spacial score (nSPS) is 18.3. The molecule has 158 valence electrons. The Bertz CT molecular complexity index is 982. The second kappa shape index (κ2) is 8.68. The van der Waals surface area contributed by atoms with E-state index in [-0.39, 0.29) is 30.4 Å².